The highest BCUT2D eigenvalue weighted by molar-refractivity contribution is 5.92. The van der Waals surface area contributed by atoms with Crippen LogP contribution in [0.25, 0.3) is 0 Å². The Labute approximate surface area is 153 Å². The van der Waals surface area contributed by atoms with Crippen LogP contribution in [0.1, 0.15) is 47.3 Å². The molecule has 1 aromatic carbocycles. The quantitative estimate of drug-likeness (QED) is 0.863. The van der Waals surface area contributed by atoms with E-state index in [2.05, 4.69) is 35.5 Å². The summed E-state index contributed by atoms with van der Waals surface area (Å²) in [5.74, 6) is -0.250. The fourth-order valence-corrected chi connectivity index (χ4v) is 3.60. The van der Waals surface area contributed by atoms with Crippen molar-refractivity contribution in [2.24, 2.45) is 0 Å². The van der Waals surface area contributed by atoms with Crippen LogP contribution in [0.4, 0.5) is 0 Å². The molecule has 6 nitrogen and oxygen atoms in total. The molecule has 1 heterocycles. The third-order valence-electron chi connectivity index (χ3n) is 4.99. The minimum absolute atomic E-state index is 0.243. The number of hydrogen-bond acceptors (Lipinski definition) is 4. The Bertz CT molecular complexity index is 838. The van der Waals surface area contributed by atoms with Gasteiger partial charge in [0, 0.05) is 13.2 Å². The van der Waals surface area contributed by atoms with Crippen LogP contribution in [0.5, 0.6) is 0 Å². The van der Waals surface area contributed by atoms with Gasteiger partial charge in [0.25, 0.3) is 11.5 Å². The molecule has 0 bridgehead atoms. The molecule has 0 spiro atoms. The van der Waals surface area contributed by atoms with Gasteiger partial charge in [-0.3, -0.25) is 9.59 Å². The zero-order valence-electron chi connectivity index (χ0n) is 15.3. The van der Waals surface area contributed by atoms with Crippen molar-refractivity contribution in [2.45, 2.75) is 44.7 Å². The van der Waals surface area contributed by atoms with E-state index in [0.717, 1.165) is 31.2 Å². The number of hydrogen-bond donors (Lipinski definition) is 1. The van der Waals surface area contributed by atoms with Crippen LogP contribution in [0.15, 0.2) is 41.2 Å². The van der Waals surface area contributed by atoms with Gasteiger partial charge in [0.1, 0.15) is 5.69 Å². The van der Waals surface area contributed by atoms with Crippen LogP contribution >= 0.6 is 0 Å². The van der Waals surface area contributed by atoms with E-state index >= 15 is 0 Å². The largest absolute Gasteiger partial charge is 0.383 e. The minimum atomic E-state index is -0.363. The molecule has 26 heavy (non-hydrogen) atoms. The number of aryl methyl sites for hydroxylation is 1. The predicted molar refractivity (Wildman–Crippen MR) is 99.2 cm³/mol. The molecule has 0 unspecified atom stereocenters. The topological polar surface area (TPSA) is 73.2 Å². The second-order valence-corrected chi connectivity index (χ2v) is 6.89. The Kier molecular flexibility index (Phi) is 5.52. The minimum Gasteiger partial charge on any atom is -0.383 e. The van der Waals surface area contributed by atoms with Crippen molar-refractivity contribution in [3.05, 3.63) is 63.6 Å². The summed E-state index contributed by atoms with van der Waals surface area (Å²) in [7, 11) is 1.56. The van der Waals surface area contributed by atoms with Crippen molar-refractivity contribution in [3.8, 4) is 0 Å². The Morgan fingerprint density at radius 2 is 2.04 bits per heavy atom. The number of methoxy groups -OCH3 is 1. The number of amides is 1. The molecule has 2 aromatic rings. The maximum Gasteiger partial charge on any atom is 0.272 e. The van der Waals surface area contributed by atoms with E-state index in [0.29, 0.717) is 13.2 Å². The van der Waals surface area contributed by atoms with E-state index in [9.17, 15) is 9.59 Å². The number of nitrogens with one attached hydrogen (secondary N) is 1. The van der Waals surface area contributed by atoms with Crippen LogP contribution in [-0.4, -0.2) is 29.4 Å². The molecule has 1 saturated carbocycles. The van der Waals surface area contributed by atoms with Crippen LogP contribution in [0.3, 0.4) is 0 Å². The van der Waals surface area contributed by atoms with E-state index < -0.39 is 0 Å². The Balaban J connectivity index is 1.86. The molecule has 1 aliphatic carbocycles. The summed E-state index contributed by atoms with van der Waals surface area (Å²) < 4.78 is 6.26. The first-order chi connectivity index (χ1) is 12.5. The van der Waals surface area contributed by atoms with Crippen LogP contribution in [0.2, 0.25) is 0 Å². The van der Waals surface area contributed by atoms with Gasteiger partial charge < -0.3 is 10.1 Å². The molecule has 6 heteroatoms. The summed E-state index contributed by atoms with van der Waals surface area (Å²) in [5.41, 5.74) is 1.95. The molecule has 1 N–H and O–H groups in total. The second-order valence-electron chi connectivity index (χ2n) is 6.89. The van der Waals surface area contributed by atoms with Crippen LogP contribution in [0, 0.1) is 6.92 Å². The zero-order chi connectivity index (χ0) is 18.6. The van der Waals surface area contributed by atoms with E-state index in [1.165, 1.54) is 22.4 Å². The van der Waals surface area contributed by atoms with Gasteiger partial charge in [0.15, 0.2) is 0 Å². The molecule has 1 amide bonds. The Morgan fingerprint density at radius 3 is 2.73 bits per heavy atom. The fraction of sp³-hybridized carbons (Fsp3) is 0.450. The number of carbonyl (C=O) groups excluding carboxylic acids is 1. The predicted octanol–water partition coefficient (Wildman–Crippen LogP) is 2.40. The van der Waals surface area contributed by atoms with Crippen LogP contribution < -0.4 is 10.9 Å². The first-order valence-corrected chi connectivity index (χ1v) is 9.01. The van der Waals surface area contributed by atoms with E-state index in [1.807, 2.05) is 6.07 Å². The second kappa shape index (κ2) is 7.83. The van der Waals surface area contributed by atoms with Crippen LogP contribution in [-0.2, 0) is 16.8 Å². The fourth-order valence-electron chi connectivity index (χ4n) is 3.60. The number of carbonyl (C=O) groups is 1. The van der Waals surface area contributed by atoms with Crippen molar-refractivity contribution in [1.29, 1.82) is 0 Å². The normalized spacial score (nSPS) is 15.8. The first-order valence-electron chi connectivity index (χ1n) is 9.01. The molecule has 0 saturated heterocycles. The highest BCUT2D eigenvalue weighted by Crippen LogP contribution is 2.39. The standard InChI is InChI=1S/C20H25N3O3/c1-15-6-5-7-16(14-15)20(10-3-4-11-20)21-19(25)17-8-9-18(24)23(22-17)12-13-26-2/h5-9,14H,3-4,10-13H2,1-2H3,(H,21,25). The summed E-state index contributed by atoms with van der Waals surface area (Å²) in [5, 5.41) is 7.41. The molecular formula is C20H25N3O3. The lowest BCUT2D eigenvalue weighted by atomic mass is 9.87. The maximum absolute atomic E-state index is 12.9. The lowest BCUT2D eigenvalue weighted by Crippen LogP contribution is -2.44. The van der Waals surface area contributed by atoms with Gasteiger partial charge in [-0.25, -0.2) is 4.68 Å². The third-order valence-corrected chi connectivity index (χ3v) is 4.99. The van der Waals surface area contributed by atoms with Crippen molar-refractivity contribution in [2.75, 3.05) is 13.7 Å². The number of rotatable bonds is 6. The molecule has 138 valence electrons. The smallest absolute Gasteiger partial charge is 0.272 e. The van der Waals surface area contributed by atoms with Gasteiger partial charge in [-0.2, -0.15) is 5.10 Å². The number of nitrogens with zero attached hydrogens (tertiary/aromatic N) is 2. The monoisotopic (exact) mass is 355 g/mol. The van der Waals surface area contributed by atoms with Crippen molar-refractivity contribution in [1.82, 2.24) is 15.1 Å². The molecular weight excluding hydrogens is 330 g/mol. The van der Waals surface area contributed by atoms with Gasteiger partial charge in [0.05, 0.1) is 18.7 Å². The van der Waals surface area contributed by atoms with E-state index in [4.69, 9.17) is 4.74 Å². The van der Waals surface area contributed by atoms with Gasteiger partial charge in [-0.05, 0) is 31.4 Å². The highest BCUT2D eigenvalue weighted by Gasteiger charge is 2.37. The molecule has 0 atom stereocenters. The Morgan fingerprint density at radius 1 is 1.27 bits per heavy atom. The molecule has 1 aromatic heterocycles. The average Bonchev–Trinajstić information content (AvgIpc) is 3.10. The summed E-state index contributed by atoms with van der Waals surface area (Å²) in [6.07, 6.45) is 3.97. The summed E-state index contributed by atoms with van der Waals surface area (Å²) in [6.45, 7) is 2.74. The van der Waals surface area contributed by atoms with Gasteiger partial charge in [-0.15, -0.1) is 0 Å². The first kappa shape index (κ1) is 18.3. The molecule has 0 aliphatic heterocycles. The van der Waals surface area contributed by atoms with E-state index in [1.54, 1.807) is 7.11 Å². The zero-order valence-corrected chi connectivity index (χ0v) is 15.3. The van der Waals surface area contributed by atoms with Crippen molar-refractivity contribution >= 4 is 5.91 Å². The molecule has 3 rings (SSSR count). The lowest BCUT2D eigenvalue weighted by Gasteiger charge is -2.31. The summed E-state index contributed by atoms with van der Waals surface area (Å²) >= 11 is 0. The SMILES string of the molecule is COCCn1nc(C(=O)NC2(c3cccc(C)c3)CCCC2)ccc1=O. The number of aromatic nitrogens is 2. The number of ether oxygens (including phenoxy) is 1. The number of benzene rings is 1. The highest BCUT2D eigenvalue weighted by atomic mass is 16.5. The van der Waals surface area contributed by atoms with Gasteiger partial charge in [0.2, 0.25) is 0 Å². The molecule has 0 radical (unpaired) electrons. The maximum atomic E-state index is 12.9. The summed E-state index contributed by atoms with van der Waals surface area (Å²) in [6, 6.07) is 11.2. The van der Waals surface area contributed by atoms with Gasteiger partial charge in [-0.1, -0.05) is 42.7 Å². The third kappa shape index (κ3) is 3.85. The molecule has 1 aliphatic rings. The average molecular weight is 355 g/mol. The van der Waals surface area contributed by atoms with E-state index in [-0.39, 0.29) is 22.7 Å². The van der Waals surface area contributed by atoms with Gasteiger partial charge >= 0.3 is 0 Å². The lowest BCUT2D eigenvalue weighted by molar-refractivity contribution is 0.0889. The molecule has 1 fully saturated rings. The Hall–Kier alpha value is -2.47. The summed E-state index contributed by atoms with van der Waals surface area (Å²) in [4.78, 5) is 24.8. The van der Waals surface area contributed by atoms with Crippen molar-refractivity contribution < 1.29 is 9.53 Å². The van der Waals surface area contributed by atoms with Crippen molar-refractivity contribution in [3.63, 3.8) is 0 Å².